The van der Waals surface area contributed by atoms with E-state index in [9.17, 15) is 0 Å². The fourth-order valence-electron chi connectivity index (χ4n) is 3.79. The SMILES string of the molecule is CCCC[C@H]1CN(c2cc(-c3ccccc3)ccc2OC)CC[C@H]1N.Cl. The molecule has 1 heterocycles. The van der Waals surface area contributed by atoms with Gasteiger partial charge in [-0.3, -0.25) is 0 Å². The van der Waals surface area contributed by atoms with Gasteiger partial charge in [-0.2, -0.15) is 0 Å². The fourth-order valence-corrected chi connectivity index (χ4v) is 3.79. The van der Waals surface area contributed by atoms with Crippen LogP contribution in [0.2, 0.25) is 0 Å². The van der Waals surface area contributed by atoms with Gasteiger partial charge < -0.3 is 15.4 Å². The first-order chi connectivity index (χ1) is 12.2. The normalized spacial score (nSPS) is 19.7. The second-order valence-corrected chi connectivity index (χ2v) is 7.05. The van der Waals surface area contributed by atoms with Gasteiger partial charge in [0, 0.05) is 19.1 Å². The number of halogens is 1. The number of ether oxygens (including phenoxy) is 1. The maximum absolute atomic E-state index is 6.39. The van der Waals surface area contributed by atoms with Crippen molar-refractivity contribution in [3.05, 3.63) is 48.5 Å². The Kier molecular flexibility index (Phi) is 7.80. The number of nitrogens with two attached hydrogens (primary N) is 1. The molecule has 0 saturated carbocycles. The number of anilines is 1. The van der Waals surface area contributed by atoms with E-state index in [1.165, 1.54) is 36.1 Å². The molecule has 2 aromatic rings. The van der Waals surface area contributed by atoms with Crippen LogP contribution in [-0.4, -0.2) is 26.2 Å². The molecule has 0 bridgehead atoms. The highest BCUT2D eigenvalue weighted by atomic mass is 35.5. The van der Waals surface area contributed by atoms with Crippen LogP contribution in [0.1, 0.15) is 32.6 Å². The Morgan fingerprint density at radius 3 is 2.58 bits per heavy atom. The Morgan fingerprint density at radius 2 is 1.88 bits per heavy atom. The van der Waals surface area contributed by atoms with Crippen LogP contribution in [0.15, 0.2) is 48.5 Å². The smallest absolute Gasteiger partial charge is 0.142 e. The minimum absolute atomic E-state index is 0. The van der Waals surface area contributed by atoms with Crippen LogP contribution < -0.4 is 15.4 Å². The molecule has 0 spiro atoms. The molecule has 0 unspecified atom stereocenters. The summed E-state index contributed by atoms with van der Waals surface area (Å²) in [6.07, 6.45) is 4.76. The van der Waals surface area contributed by atoms with E-state index in [-0.39, 0.29) is 12.4 Å². The average molecular weight is 375 g/mol. The van der Waals surface area contributed by atoms with Gasteiger partial charge >= 0.3 is 0 Å². The molecule has 142 valence electrons. The van der Waals surface area contributed by atoms with Crippen molar-refractivity contribution in [3.63, 3.8) is 0 Å². The van der Waals surface area contributed by atoms with E-state index in [1.807, 2.05) is 0 Å². The quantitative estimate of drug-likeness (QED) is 0.761. The number of methoxy groups -OCH3 is 1. The summed E-state index contributed by atoms with van der Waals surface area (Å²) in [4.78, 5) is 2.47. The van der Waals surface area contributed by atoms with Crippen molar-refractivity contribution in [2.24, 2.45) is 11.7 Å². The van der Waals surface area contributed by atoms with Gasteiger partial charge in [-0.15, -0.1) is 12.4 Å². The van der Waals surface area contributed by atoms with Crippen molar-refractivity contribution in [3.8, 4) is 16.9 Å². The lowest BCUT2D eigenvalue weighted by molar-refractivity contribution is 0.327. The van der Waals surface area contributed by atoms with E-state index in [0.717, 1.165) is 25.3 Å². The maximum atomic E-state index is 6.39. The van der Waals surface area contributed by atoms with Gasteiger partial charge in [0.2, 0.25) is 0 Å². The lowest BCUT2D eigenvalue weighted by atomic mass is 9.88. The van der Waals surface area contributed by atoms with Gasteiger partial charge in [-0.05, 0) is 42.0 Å². The number of piperidine rings is 1. The summed E-state index contributed by atoms with van der Waals surface area (Å²) in [5.41, 5.74) is 10.1. The molecule has 1 fully saturated rings. The molecule has 0 amide bonds. The van der Waals surface area contributed by atoms with Crippen molar-refractivity contribution in [2.75, 3.05) is 25.1 Å². The highest BCUT2D eigenvalue weighted by molar-refractivity contribution is 5.85. The first kappa shape index (κ1) is 20.6. The highest BCUT2D eigenvalue weighted by Crippen LogP contribution is 2.36. The Bertz CT molecular complexity index is 677. The minimum Gasteiger partial charge on any atom is -0.495 e. The second-order valence-electron chi connectivity index (χ2n) is 7.05. The molecule has 2 atom stereocenters. The monoisotopic (exact) mass is 374 g/mol. The molecular weight excluding hydrogens is 344 g/mol. The number of rotatable bonds is 6. The molecule has 1 aliphatic heterocycles. The van der Waals surface area contributed by atoms with Crippen LogP contribution in [0.25, 0.3) is 11.1 Å². The van der Waals surface area contributed by atoms with E-state index in [0.29, 0.717) is 12.0 Å². The number of unbranched alkanes of at least 4 members (excludes halogenated alkanes) is 1. The number of benzene rings is 2. The molecule has 3 nitrogen and oxygen atoms in total. The molecule has 0 radical (unpaired) electrons. The maximum Gasteiger partial charge on any atom is 0.142 e. The minimum atomic E-state index is 0. The second kappa shape index (κ2) is 9.84. The predicted octanol–water partition coefficient (Wildman–Crippen LogP) is 5.13. The van der Waals surface area contributed by atoms with Gasteiger partial charge in [0.05, 0.1) is 12.8 Å². The van der Waals surface area contributed by atoms with Crippen LogP contribution >= 0.6 is 12.4 Å². The third-order valence-corrected chi connectivity index (χ3v) is 5.35. The van der Waals surface area contributed by atoms with Crippen LogP contribution in [0, 0.1) is 5.92 Å². The van der Waals surface area contributed by atoms with Crippen LogP contribution in [0.3, 0.4) is 0 Å². The van der Waals surface area contributed by atoms with Gasteiger partial charge in [0.15, 0.2) is 0 Å². The van der Waals surface area contributed by atoms with Crippen molar-refractivity contribution < 1.29 is 4.74 Å². The van der Waals surface area contributed by atoms with E-state index < -0.39 is 0 Å². The Balaban J connectivity index is 0.00000243. The topological polar surface area (TPSA) is 38.5 Å². The molecule has 1 saturated heterocycles. The van der Waals surface area contributed by atoms with E-state index in [4.69, 9.17) is 10.5 Å². The largest absolute Gasteiger partial charge is 0.495 e. The third-order valence-electron chi connectivity index (χ3n) is 5.35. The van der Waals surface area contributed by atoms with E-state index in [1.54, 1.807) is 7.11 Å². The molecule has 0 aliphatic carbocycles. The summed E-state index contributed by atoms with van der Waals surface area (Å²) in [6, 6.07) is 17.4. The standard InChI is InChI=1S/C22H30N2O.ClH/c1-3-4-8-19-16-24(14-13-20(19)23)21-15-18(11-12-22(21)25-2)17-9-6-5-7-10-17;/h5-7,9-12,15,19-20H,3-4,8,13-14,16,23H2,1-2H3;1H/t19-,20+;/m0./s1. The van der Waals surface area contributed by atoms with Crippen molar-refractivity contribution >= 4 is 18.1 Å². The van der Waals surface area contributed by atoms with Crippen molar-refractivity contribution in [2.45, 2.75) is 38.6 Å². The third kappa shape index (κ3) is 4.72. The van der Waals surface area contributed by atoms with Gasteiger partial charge in [-0.1, -0.05) is 56.2 Å². The van der Waals surface area contributed by atoms with Crippen LogP contribution in [0.5, 0.6) is 5.75 Å². The first-order valence-corrected chi connectivity index (χ1v) is 9.47. The van der Waals surface area contributed by atoms with Crippen molar-refractivity contribution in [1.82, 2.24) is 0 Å². The van der Waals surface area contributed by atoms with E-state index in [2.05, 4.69) is 60.4 Å². The Labute approximate surface area is 163 Å². The summed E-state index contributed by atoms with van der Waals surface area (Å²) < 4.78 is 5.66. The molecular formula is C22H31ClN2O. The lowest BCUT2D eigenvalue weighted by Gasteiger charge is -2.39. The molecule has 0 aromatic heterocycles. The summed E-state index contributed by atoms with van der Waals surface area (Å²) in [5.74, 6) is 1.52. The average Bonchev–Trinajstić information content (AvgIpc) is 2.67. The summed E-state index contributed by atoms with van der Waals surface area (Å²) >= 11 is 0. The summed E-state index contributed by atoms with van der Waals surface area (Å²) in [5, 5.41) is 0. The fraction of sp³-hybridized carbons (Fsp3) is 0.455. The molecule has 3 rings (SSSR count). The first-order valence-electron chi connectivity index (χ1n) is 9.47. The number of hydrogen-bond donors (Lipinski definition) is 1. The molecule has 4 heteroatoms. The summed E-state index contributed by atoms with van der Waals surface area (Å²) in [6.45, 7) is 4.27. The zero-order chi connectivity index (χ0) is 17.6. The molecule has 2 aromatic carbocycles. The number of hydrogen-bond acceptors (Lipinski definition) is 3. The van der Waals surface area contributed by atoms with Gasteiger partial charge in [-0.25, -0.2) is 0 Å². The van der Waals surface area contributed by atoms with Crippen LogP contribution in [-0.2, 0) is 0 Å². The molecule has 1 aliphatic rings. The lowest BCUT2D eigenvalue weighted by Crippen LogP contribution is -2.47. The highest BCUT2D eigenvalue weighted by Gasteiger charge is 2.27. The zero-order valence-electron chi connectivity index (χ0n) is 15.9. The predicted molar refractivity (Wildman–Crippen MR) is 113 cm³/mol. The molecule has 26 heavy (non-hydrogen) atoms. The Hall–Kier alpha value is -1.71. The van der Waals surface area contributed by atoms with Gasteiger partial charge in [0.1, 0.15) is 5.75 Å². The van der Waals surface area contributed by atoms with Crippen molar-refractivity contribution in [1.29, 1.82) is 0 Å². The van der Waals surface area contributed by atoms with E-state index >= 15 is 0 Å². The molecule has 2 N–H and O–H groups in total. The number of nitrogens with zero attached hydrogens (tertiary/aromatic N) is 1. The van der Waals surface area contributed by atoms with Gasteiger partial charge in [0.25, 0.3) is 0 Å². The summed E-state index contributed by atoms with van der Waals surface area (Å²) in [7, 11) is 1.76. The van der Waals surface area contributed by atoms with Crippen LogP contribution in [0.4, 0.5) is 5.69 Å². The zero-order valence-corrected chi connectivity index (χ0v) is 16.7. The Morgan fingerprint density at radius 1 is 1.12 bits per heavy atom.